The Bertz CT molecular complexity index is 460. The molecule has 0 saturated carbocycles. The molecule has 19 heavy (non-hydrogen) atoms. The molecule has 0 spiro atoms. The quantitative estimate of drug-likeness (QED) is 0.586. The molecule has 1 aromatic rings. The highest BCUT2D eigenvalue weighted by molar-refractivity contribution is 8.03. The molecular formula is C12H8F6S. The second-order valence-corrected chi connectivity index (χ2v) is 4.28. The van der Waals surface area contributed by atoms with E-state index < -0.39 is 18.3 Å². The van der Waals surface area contributed by atoms with Crippen LogP contribution in [0, 0.1) is 11.2 Å². The fourth-order valence-corrected chi connectivity index (χ4v) is 1.65. The lowest BCUT2D eigenvalue weighted by Gasteiger charge is -2.20. The van der Waals surface area contributed by atoms with Crippen molar-refractivity contribution in [2.45, 2.75) is 24.0 Å². The summed E-state index contributed by atoms with van der Waals surface area (Å²) in [6.07, 6.45) is -4.46. The minimum Gasteiger partial charge on any atom is -0.203 e. The van der Waals surface area contributed by atoms with E-state index in [4.69, 9.17) is 0 Å². The first-order chi connectivity index (χ1) is 8.77. The zero-order valence-electron chi connectivity index (χ0n) is 9.35. The first-order valence-electron chi connectivity index (χ1n) is 4.99. The van der Waals surface area contributed by atoms with E-state index in [0.717, 1.165) is 11.5 Å². The van der Waals surface area contributed by atoms with E-state index in [9.17, 15) is 26.3 Å². The monoisotopic (exact) mass is 298 g/mol. The molecule has 0 N–H and O–H groups in total. The third-order valence-corrected chi connectivity index (χ3v) is 2.78. The van der Waals surface area contributed by atoms with Crippen LogP contribution in [0.2, 0.25) is 0 Å². The number of halogens is 6. The Morgan fingerprint density at radius 1 is 1.05 bits per heavy atom. The summed E-state index contributed by atoms with van der Waals surface area (Å²) in [6, 6.07) is 8.56. The van der Waals surface area contributed by atoms with Crippen LogP contribution in [0.4, 0.5) is 26.3 Å². The third-order valence-electron chi connectivity index (χ3n) is 2.05. The predicted molar refractivity (Wildman–Crippen MR) is 61.4 cm³/mol. The number of benzene rings is 1. The van der Waals surface area contributed by atoms with Gasteiger partial charge in [0.2, 0.25) is 0 Å². The van der Waals surface area contributed by atoms with Crippen LogP contribution in [0.3, 0.4) is 0 Å². The van der Waals surface area contributed by atoms with Gasteiger partial charge in [0.25, 0.3) is 0 Å². The van der Waals surface area contributed by atoms with Gasteiger partial charge < -0.3 is 0 Å². The molecule has 1 rings (SSSR count). The average molecular weight is 298 g/mol. The number of alkyl halides is 6. The van der Waals surface area contributed by atoms with E-state index in [2.05, 4.69) is 0 Å². The maximum absolute atomic E-state index is 12.8. The van der Waals surface area contributed by atoms with E-state index in [1.807, 2.05) is 0 Å². The van der Waals surface area contributed by atoms with Gasteiger partial charge in [0.15, 0.2) is 0 Å². The topological polar surface area (TPSA) is 0 Å². The maximum atomic E-state index is 12.8. The molecule has 0 aliphatic heterocycles. The molecule has 0 unspecified atom stereocenters. The minimum absolute atomic E-state index is 0.199. The molecule has 0 atom stereocenters. The van der Waals surface area contributed by atoms with E-state index >= 15 is 0 Å². The van der Waals surface area contributed by atoms with Gasteiger partial charge in [-0.1, -0.05) is 42.1 Å². The Balaban J connectivity index is 2.63. The van der Waals surface area contributed by atoms with Crippen molar-refractivity contribution in [1.29, 1.82) is 0 Å². The highest BCUT2D eigenvalue weighted by atomic mass is 32.2. The summed E-state index contributed by atoms with van der Waals surface area (Å²) in [5.41, 5.74) is 0.755. The zero-order chi connectivity index (χ0) is 14.5. The van der Waals surface area contributed by atoms with Crippen LogP contribution >= 0.6 is 11.8 Å². The van der Waals surface area contributed by atoms with Crippen molar-refractivity contribution in [3.05, 3.63) is 35.9 Å². The van der Waals surface area contributed by atoms with Gasteiger partial charge in [0.05, 0.1) is 0 Å². The summed E-state index contributed by atoms with van der Waals surface area (Å²) in [7, 11) is 0. The van der Waals surface area contributed by atoms with Crippen LogP contribution < -0.4 is 0 Å². The van der Waals surface area contributed by atoms with Gasteiger partial charge in [-0.25, -0.2) is 8.78 Å². The standard InChI is InChI=1S/C12H8F6S/c13-10(14)12(17,18)11(15,16)6-7-19-8-9-4-2-1-3-5-9/h1-5,10H,8H2. The van der Waals surface area contributed by atoms with Crippen LogP contribution in [0.1, 0.15) is 5.56 Å². The lowest BCUT2D eigenvalue weighted by Crippen LogP contribution is -2.45. The molecule has 1 aromatic carbocycles. The molecule has 0 bridgehead atoms. The third kappa shape index (κ3) is 4.10. The Hall–Kier alpha value is -1.29. The molecule has 0 radical (unpaired) electrons. The lowest BCUT2D eigenvalue weighted by atomic mass is 10.2. The molecule has 0 aromatic heterocycles. The van der Waals surface area contributed by atoms with Crippen LogP contribution in [0.5, 0.6) is 0 Å². The number of hydrogen-bond donors (Lipinski definition) is 0. The van der Waals surface area contributed by atoms with Crippen molar-refractivity contribution in [2.24, 2.45) is 0 Å². The predicted octanol–water partition coefficient (Wildman–Crippen LogP) is 4.42. The summed E-state index contributed by atoms with van der Waals surface area (Å²) < 4.78 is 74.0. The normalized spacial score (nSPS) is 12.2. The summed E-state index contributed by atoms with van der Waals surface area (Å²) in [4.78, 5) is 0. The first kappa shape index (κ1) is 15.8. The van der Waals surface area contributed by atoms with Gasteiger partial charge >= 0.3 is 18.3 Å². The van der Waals surface area contributed by atoms with E-state index in [0.29, 0.717) is 11.8 Å². The van der Waals surface area contributed by atoms with Crippen molar-refractivity contribution in [3.63, 3.8) is 0 Å². The Morgan fingerprint density at radius 3 is 2.16 bits per heavy atom. The number of hydrogen-bond acceptors (Lipinski definition) is 1. The minimum atomic E-state index is -5.45. The van der Waals surface area contributed by atoms with Crippen molar-refractivity contribution < 1.29 is 26.3 Å². The largest absolute Gasteiger partial charge is 0.380 e. The van der Waals surface area contributed by atoms with E-state index in [-0.39, 0.29) is 5.75 Å². The molecule has 104 valence electrons. The van der Waals surface area contributed by atoms with Crippen LogP contribution in [0.15, 0.2) is 30.3 Å². The SMILES string of the molecule is FC(F)C(F)(F)C(F)(F)C#CSCc1ccccc1. The molecule has 0 saturated heterocycles. The fourth-order valence-electron chi connectivity index (χ4n) is 1.01. The first-order valence-corrected chi connectivity index (χ1v) is 5.97. The highest BCUT2D eigenvalue weighted by Crippen LogP contribution is 2.38. The van der Waals surface area contributed by atoms with E-state index in [1.54, 1.807) is 35.6 Å². The summed E-state index contributed by atoms with van der Waals surface area (Å²) in [5, 5.41) is 1.74. The Kier molecular flexibility index (Phi) is 5.18. The molecule has 0 aliphatic rings. The van der Waals surface area contributed by atoms with Gasteiger partial charge in [-0.15, -0.1) is 0 Å². The van der Waals surface area contributed by atoms with Crippen molar-refractivity contribution in [3.8, 4) is 11.2 Å². The van der Waals surface area contributed by atoms with Gasteiger partial charge in [0.1, 0.15) is 0 Å². The second-order valence-electron chi connectivity index (χ2n) is 3.50. The average Bonchev–Trinajstić information content (AvgIpc) is 2.35. The highest BCUT2D eigenvalue weighted by Gasteiger charge is 2.62. The smallest absolute Gasteiger partial charge is 0.203 e. The van der Waals surface area contributed by atoms with Gasteiger partial charge in [0, 0.05) is 5.75 Å². The Morgan fingerprint density at radius 2 is 1.63 bits per heavy atom. The lowest BCUT2D eigenvalue weighted by molar-refractivity contribution is -0.237. The maximum Gasteiger partial charge on any atom is 0.380 e. The van der Waals surface area contributed by atoms with Crippen LogP contribution in [-0.4, -0.2) is 18.3 Å². The van der Waals surface area contributed by atoms with Gasteiger partial charge in [-0.2, -0.15) is 17.6 Å². The van der Waals surface area contributed by atoms with Gasteiger partial charge in [-0.3, -0.25) is 0 Å². The Labute approximate surface area is 110 Å². The fraction of sp³-hybridized carbons (Fsp3) is 0.333. The molecule has 7 heteroatoms. The molecule has 0 heterocycles. The molecular weight excluding hydrogens is 290 g/mol. The van der Waals surface area contributed by atoms with Crippen LogP contribution in [-0.2, 0) is 5.75 Å². The van der Waals surface area contributed by atoms with Gasteiger partial charge in [-0.05, 0) is 16.7 Å². The van der Waals surface area contributed by atoms with Crippen molar-refractivity contribution >= 4 is 11.8 Å². The van der Waals surface area contributed by atoms with Crippen molar-refractivity contribution in [1.82, 2.24) is 0 Å². The zero-order valence-corrected chi connectivity index (χ0v) is 10.2. The van der Waals surface area contributed by atoms with Crippen LogP contribution in [0.25, 0.3) is 0 Å². The number of rotatable bonds is 4. The molecule has 0 fully saturated rings. The molecule has 0 nitrogen and oxygen atoms in total. The summed E-state index contributed by atoms with van der Waals surface area (Å²) in [6.45, 7) is 0. The van der Waals surface area contributed by atoms with E-state index in [1.165, 1.54) is 0 Å². The van der Waals surface area contributed by atoms with Crippen molar-refractivity contribution in [2.75, 3.05) is 0 Å². The molecule has 0 amide bonds. The second kappa shape index (κ2) is 6.24. The number of thioether (sulfide) groups is 1. The summed E-state index contributed by atoms with van der Waals surface area (Å²) >= 11 is 0.642. The molecule has 0 aliphatic carbocycles. The summed E-state index contributed by atoms with van der Waals surface area (Å²) in [5.74, 6) is -9.40.